The Kier molecular flexibility index (Phi) is 5.40. The molecular weight excluding hydrogens is 402 g/mol. The number of anilines is 1. The second kappa shape index (κ2) is 8.69. The average molecular weight is 434 g/mol. The molecule has 3 aliphatic rings. The van der Waals surface area contributed by atoms with Crippen molar-refractivity contribution in [1.82, 2.24) is 4.90 Å². The number of fused-ring (bicyclic) bond motifs is 5. The van der Waals surface area contributed by atoms with Gasteiger partial charge in [0.15, 0.2) is 0 Å². The lowest BCUT2D eigenvalue weighted by atomic mass is 9.74. The molecule has 33 heavy (non-hydrogen) atoms. The van der Waals surface area contributed by atoms with Gasteiger partial charge in [0, 0.05) is 32.7 Å². The molecule has 0 radical (unpaired) electrons. The molecule has 0 N–H and O–H groups in total. The second-order valence-corrected chi connectivity index (χ2v) is 9.76. The number of hydrogen-bond acceptors (Lipinski definition) is 3. The van der Waals surface area contributed by atoms with Crippen LogP contribution in [0, 0.1) is 11.3 Å². The zero-order valence-corrected chi connectivity index (χ0v) is 19.3. The maximum atomic E-state index is 10.4. The number of benzene rings is 3. The molecule has 3 aromatic rings. The van der Waals surface area contributed by atoms with Crippen LogP contribution in [-0.2, 0) is 32.2 Å². The third-order valence-corrected chi connectivity index (χ3v) is 7.88. The van der Waals surface area contributed by atoms with E-state index in [-0.39, 0.29) is 0 Å². The van der Waals surface area contributed by atoms with Crippen molar-refractivity contribution in [3.8, 4) is 17.2 Å². The minimum absolute atomic E-state index is 0.986. The van der Waals surface area contributed by atoms with Crippen LogP contribution in [0.15, 0.2) is 54.6 Å². The van der Waals surface area contributed by atoms with Crippen LogP contribution in [0.4, 0.5) is 5.69 Å². The van der Waals surface area contributed by atoms with Gasteiger partial charge in [-0.2, -0.15) is 5.26 Å². The number of rotatable bonds is 3. The Bertz CT molecular complexity index is 1210. The molecule has 2 aliphatic carbocycles. The van der Waals surface area contributed by atoms with Crippen LogP contribution in [-0.4, -0.2) is 31.1 Å². The first-order valence-corrected chi connectivity index (χ1v) is 12.5. The summed E-state index contributed by atoms with van der Waals surface area (Å²) in [5.41, 5.74) is 12.3. The van der Waals surface area contributed by atoms with E-state index >= 15 is 0 Å². The molecule has 0 saturated carbocycles. The standard InChI is InChI=1S/C30H31N3/c31-20-28-25-12-6-7-13-26(25)29-24-11-5-4-10-23(24)14-15-27(29)30(28)33-18-16-32(17-19-33)21-22-8-2-1-3-9-22/h1-5,8-11H,6-7,12-19,21H2. The Hall–Kier alpha value is -3.09. The van der Waals surface area contributed by atoms with Crippen LogP contribution in [0.2, 0.25) is 0 Å². The number of piperazine rings is 1. The van der Waals surface area contributed by atoms with E-state index in [4.69, 9.17) is 0 Å². The summed E-state index contributed by atoms with van der Waals surface area (Å²) in [4.78, 5) is 5.10. The maximum absolute atomic E-state index is 10.4. The van der Waals surface area contributed by atoms with E-state index in [0.29, 0.717) is 0 Å². The average Bonchev–Trinajstić information content (AvgIpc) is 2.88. The van der Waals surface area contributed by atoms with E-state index < -0.39 is 0 Å². The van der Waals surface area contributed by atoms with Crippen LogP contribution < -0.4 is 4.90 Å². The van der Waals surface area contributed by atoms with Crippen LogP contribution in [0.3, 0.4) is 0 Å². The summed E-state index contributed by atoms with van der Waals surface area (Å²) in [6.07, 6.45) is 6.73. The van der Waals surface area contributed by atoms with Gasteiger partial charge in [0.25, 0.3) is 0 Å². The van der Waals surface area contributed by atoms with E-state index in [1.165, 1.54) is 57.5 Å². The van der Waals surface area contributed by atoms with Crippen molar-refractivity contribution in [2.24, 2.45) is 0 Å². The molecule has 0 amide bonds. The largest absolute Gasteiger partial charge is 0.368 e. The second-order valence-electron chi connectivity index (χ2n) is 9.76. The van der Waals surface area contributed by atoms with E-state index in [2.05, 4.69) is 70.5 Å². The normalized spacial score (nSPS) is 17.6. The minimum Gasteiger partial charge on any atom is -0.368 e. The molecule has 1 heterocycles. The van der Waals surface area contributed by atoms with E-state index in [1.807, 2.05) is 0 Å². The first-order chi connectivity index (χ1) is 16.3. The first-order valence-electron chi connectivity index (χ1n) is 12.5. The van der Waals surface area contributed by atoms with Crippen molar-refractivity contribution >= 4 is 5.69 Å². The highest BCUT2D eigenvalue weighted by Gasteiger charge is 2.32. The third-order valence-electron chi connectivity index (χ3n) is 7.88. The Balaban J connectivity index is 1.39. The quantitative estimate of drug-likeness (QED) is 0.544. The molecule has 0 atom stereocenters. The van der Waals surface area contributed by atoms with Gasteiger partial charge < -0.3 is 4.90 Å². The number of nitriles is 1. The van der Waals surface area contributed by atoms with Crippen LogP contribution in [0.1, 0.15) is 46.2 Å². The van der Waals surface area contributed by atoms with Gasteiger partial charge in [-0.15, -0.1) is 0 Å². The van der Waals surface area contributed by atoms with Gasteiger partial charge in [0.05, 0.1) is 11.3 Å². The number of aryl methyl sites for hydroxylation is 1. The molecule has 3 nitrogen and oxygen atoms in total. The van der Waals surface area contributed by atoms with Gasteiger partial charge in [0.1, 0.15) is 6.07 Å². The van der Waals surface area contributed by atoms with Crippen LogP contribution >= 0.6 is 0 Å². The summed E-state index contributed by atoms with van der Waals surface area (Å²) in [5.74, 6) is 0. The van der Waals surface area contributed by atoms with Crippen molar-refractivity contribution in [3.63, 3.8) is 0 Å². The van der Waals surface area contributed by atoms with Crippen molar-refractivity contribution in [2.45, 2.75) is 45.1 Å². The summed E-state index contributed by atoms with van der Waals surface area (Å²) in [7, 11) is 0. The molecule has 0 bridgehead atoms. The lowest BCUT2D eigenvalue weighted by Gasteiger charge is -2.40. The molecule has 1 fully saturated rings. The number of nitrogens with zero attached hydrogens (tertiary/aromatic N) is 3. The molecule has 0 aromatic heterocycles. The minimum atomic E-state index is 0.986. The highest BCUT2D eigenvalue weighted by Crippen LogP contribution is 2.47. The Labute approximate surface area is 197 Å². The van der Waals surface area contributed by atoms with E-state index in [1.54, 1.807) is 0 Å². The molecule has 3 heteroatoms. The maximum Gasteiger partial charge on any atom is 0.102 e. The number of hydrogen-bond donors (Lipinski definition) is 0. The predicted octanol–water partition coefficient (Wildman–Crippen LogP) is 5.52. The Morgan fingerprint density at radius 2 is 1.45 bits per heavy atom. The third kappa shape index (κ3) is 3.63. The first kappa shape index (κ1) is 20.5. The molecular formula is C30H31N3. The molecule has 166 valence electrons. The highest BCUT2D eigenvalue weighted by atomic mass is 15.3. The van der Waals surface area contributed by atoms with E-state index in [0.717, 1.165) is 64.0 Å². The zero-order chi connectivity index (χ0) is 22.2. The van der Waals surface area contributed by atoms with Crippen molar-refractivity contribution in [2.75, 3.05) is 31.1 Å². The molecule has 1 aliphatic heterocycles. The smallest absolute Gasteiger partial charge is 0.102 e. The topological polar surface area (TPSA) is 30.3 Å². The van der Waals surface area contributed by atoms with Crippen molar-refractivity contribution < 1.29 is 0 Å². The summed E-state index contributed by atoms with van der Waals surface area (Å²) in [6.45, 7) is 5.09. The van der Waals surface area contributed by atoms with Crippen molar-refractivity contribution in [3.05, 3.63) is 88.0 Å². The molecule has 0 spiro atoms. The Morgan fingerprint density at radius 1 is 0.727 bits per heavy atom. The fourth-order valence-corrected chi connectivity index (χ4v) is 6.30. The van der Waals surface area contributed by atoms with Gasteiger partial charge in [0.2, 0.25) is 0 Å². The van der Waals surface area contributed by atoms with Gasteiger partial charge in [-0.3, -0.25) is 4.90 Å². The van der Waals surface area contributed by atoms with Gasteiger partial charge >= 0.3 is 0 Å². The summed E-state index contributed by atoms with van der Waals surface area (Å²) < 4.78 is 0. The fraction of sp³-hybridized carbons (Fsp3) is 0.367. The molecule has 0 unspecified atom stereocenters. The zero-order valence-electron chi connectivity index (χ0n) is 19.3. The molecule has 6 rings (SSSR count). The lowest BCUT2D eigenvalue weighted by molar-refractivity contribution is 0.249. The van der Waals surface area contributed by atoms with Gasteiger partial charge in [-0.25, -0.2) is 0 Å². The fourth-order valence-electron chi connectivity index (χ4n) is 6.30. The Morgan fingerprint density at radius 3 is 2.24 bits per heavy atom. The van der Waals surface area contributed by atoms with Gasteiger partial charge in [-0.05, 0) is 77.5 Å². The SMILES string of the molecule is N#Cc1c2c(c3c(c1N1CCN(Cc4ccccc4)CC1)CCc1ccccc1-3)CCCC2. The van der Waals surface area contributed by atoms with Crippen molar-refractivity contribution in [1.29, 1.82) is 5.26 Å². The predicted molar refractivity (Wildman–Crippen MR) is 135 cm³/mol. The lowest BCUT2D eigenvalue weighted by Crippen LogP contribution is -2.46. The summed E-state index contributed by atoms with van der Waals surface area (Å²) in [6, 6.07) is 22.4. The summed E-state index contributed by atoms with van der Waals surface area (Å²) in [5, 5.41) is 10.4. The van der Waals surface area contributed by atoms with Gasteiger partial charge in [-0.1, -0.05) is 54.6 Å². The van der Waals surface area contributed by atoms with Crippen LogP contribution in [0.5, 0.6) is 0 Å². The van der Waals surface area contributed by atoms with Crippen LogP contribution in [0.25, 0.3) is 11.1 Å². The molecule has 3 aromatic carbocycles. The molecule has 1 saturated heterocycles. The highest BCUT2D eigenvalue weighted by molar-refractivity contribution is 5.86. The van der Waals surface area contributed by atoms with E-state index in [9.17, 15) is 5.26 Å². The monoisotopic (exact) mass is 433 g/mol. The summed E-state index contributed by atoms with van der Waals surface area (Å²) >= 11 is 0.